The number of hydrogen-bond acceptors (Lipinski definition) is 3. The average molecular weight is 235 g/mol. The van der Waals surface area contributed by atoms with Crippen LogP contribution in [-0.2, 0) is 4.79 Å². The molecule has 0 amide bonds. The van der Waals surface area contributed by atoms with Crippen molar-refractivity contribution in [1.29, 1.82) is 0 Å². The quantitative estimate of drug-likeness (QED) is 0.852. The van der Waals surface area contributed by atoms with E-state index in [-0.39, 0.29) is 12.1 Å². The lowest BCUT2D eigenvalue weighted by molar-refractivity contribution is -0.135. The average Bonchev–Trinajstić information content (AvgIpc) is 2.17. The summed E-state index contributed by atoms with van der Waals surface area (Å²) in [5.41, 5.74) is 1.60. The number of ether oxygens (including phenoxy) is 1. The van der Waals surface area contributed by atoms with Crippen LogP contribution in [0.4, 0.5) is 5.69 Å². The SMILES string of the molecule is Cc1ccc2c(c1)N(CC(=O)O)CC(C)(C)O2. The first-order valence-electron chi connectivity index (χ1n) is 5.64. The molecule has 1 heterocycles. The standard InChI is InChI=1S/C13H17NO3/c1-9-4-5-11-10(6-9)14(7-12(15)16)8-13(2,3)17-11/h4-6H,7-8H2,1-3H3,(H,15,16). The monoisotopic (exact) mass is 235 g/mol. The smallest absolute Gasteiger partial charge is 0.323 e. The topological polar surface area (TPSA) is 49.8 Å². The Morgan fingerprint density at radius 1 is 1.53 bits per heavy atom. The molecule has 0 fully saturated rings. The molecular formula is C13H17NO3. The van der Waals surface area contributed by atoms with E-state index in [0.717, 1.165) is 17.0 Å². The molecule has 92 valence electrons. The van der Waals surface area contributed by atoms with Crippen LogP contribution >= 0.6 is 0 Å². The first-order valence-corrected chi connectivity index (χ1v) is 5.64. The number of hydrogen-bond donors (Lipinski definition) is 1. The van der Waals surface area contributed by atoms with E-state index in [1.165, 1.54) is 0 Å². The number of carboxylic acid groups (broad SMARTS) is 1. The normalized spacial score (nSPS) is 17.2. The van der Waals surface area contributed by atoms with Crippen LogP contribution in [0.1, 0.15) is 19.4 Å². The van der Waals surface area contributed by atoms with Crippen molar-refractivity contribution in [3.8, 4) is 5.75 Å². The van der Waals surface area contributed by atoms with Crippen LogP contribution in [-0.4, -0.2) is 29.8 Å². The van der Waals surface area contributed by atoms with E-state index in [0.29, 0.717) is 6.54 Å². The minimum atomic E-state index is -0.824. The zero-order valence-electron chi connectivity index (χ0n) is 10.4. The van der Waals surface area contributed by atoms with Gasteiger partial charge in [-0.3, -0.25) is 4.79 Å². The first-order chi connectivity index (χ1) is 7.87. The van der Waals surface area contributed by atoms with Crippen molar-refractivity contribution in [2.24, 2.45) is 0 Å². The maximum absolute atomic E-state index is 10.9. The minimum Gasteiger partial charge on any atom is -0.484 e. The Labute approximate surface area is 101 Å². The fraction of sp³-hybridized carbons (Fsp3) is 0.462. The Hall–Kier alpha value is -1.71. The summed E-state index contributed by atoms with van der Waals surface area (Å²) >= 11 is 0. The molecule has 1 aromatic rings. The summed E-state index contributed by atoms with van der Waals surface area (Å²) in [5.74, 6) is -0.0664. The van der Waals surface area contributed by atoms with Gasteiger partial charge >= 0.3 is 5.97 Å². The van der Waals surface area contributed by atoms with Crippen LogP contribution in [0.5, 0.6) is 5.75 Å². The minimum absolute atomic E-state index is 0.00322. The third kappa shape index (κ3) is 2.52. The molecule has 17 heavy (non-hydrogen) atoms. The van der Waals surface area contributed by atoms with E-state index in [2.05, 4.69) is 0 Å². The number of aliphatic carboxylic acids is 1. The molecule has 2 rings (SSSR count). The number of carboxylic acids is 1. The third-order valence-electron chi connectivity index (χ3n) is 2.74. The van der Waals surface area contributed by atoms with Crippen molar-refractivity contribution in [2.75, 3.05) is 18.0 Å². The zero-order chi connectivity index (χ0) is 12.6. The van der Waals surface area contributed by atoms with Crippen molar-refractivity contribution >= 4 is 11.7 Å². The maximum atomic E-state index is 10.9. The van der Waals surface area contributed by atoms with Crippen LogP contribution in [0, 0.1) is 6.92 Å². The zero-order valence-corrected chi connectivity index (χ0v) is 10.4. The molecule has 0 radical (unpaired) electrons. The number of benzene rings is 1. The molecule has 0 bridgehead atoms. The van der Waals surface area contributed by atoms with Gasteiger partial charge in [0.2, 0.25) is 0 Å². The van der Waals surface area contributed by atoms with Crippen LogP contribution in [0.2, 0.25) is 0 Å². The van der Waals surface area contributed by atoms with Crippen LogP contribution in [0.15, 0.2) is 18.2 Å². The fourth-order valence-corrected chi connectivity index (χ4v) is 2.14. The van der Waals surface area contributed by atoms with E-state index in [9.17, 15) is 4.79 Å². The van der Waals surface area contributed by atoms with E-state index >= 15 is 0 Å². The summed E-state index contributed by atoms with van der Waals surface area (Å²) < 4.78 is 5.85. The number of fused-ring (bicyclic) bond motifs is 1. The number of nitrogens with zero attached hydrogens (tertiary/aromatic N) is 1. The van der Waals surface area contributed by atoms with Gasteiger partial charge in [-0.25, -0.2) is 0 Å². The van der Waals surface area contributed by atoms with Crippen LogP contribution < -0.4 is 9.64 Å². The summed E-state index contributed by atoms with van der Waals surface area (Å²) in [6.45, 7) is 6.49. The number of carbonyl (C=O) groups is 1. The van der Waals surface area contributed by atoms with Gasteiger partial charge in [0.15, 0.2) is 0 Å². The van der Waals surface area contributed by atoms with Crippen LogP contribution in [0.25, 0.3) is 0 Å². The van der Waals surface area contributed by atoms with Crippen molar-refractivity contribution in [3.63, 3.8) is 0 Å². The second-order valence-electron chi connectivity index (χ2n) is 5.08. The van der Waals surface area contributed by atoms with E-state index < -0.39 is 5.97 Å². The van der Waals surface area contributed by atoms with Crippen molar-refractivity contribution < 1.29 is 14.6 Å². The molecule has 1 aliphatic rings. The molecule has 1 aromatic carbocycles. The summed E-state index contributed by atoms with van der Waals surface area (Å²) in [7, 11) is 0. The predicted molar refractivity (Wildman–Crippen MR) is 65.7 cm³/mol. The van der Waals surface area contributed by atoms with Crippen molar-refractivity contribution in [3.05, 3.63) is 23.8 Å². The highest BCUT2D eigenvalue weighted by molar-refractivity contribution is 5.76. The lowest BCUT2D eigenvalue weighted by Gasteiger charge is -2.40. The highest BCUT2D eigenvalue weighted by atomic mass is 16.5. The molecule has 0 saturated carbocycles. The van der Waals surface area contributed by atoms with E-state index in [1.807, 2.05) is 43.9 Å². The van der Waals surface area contributed by atoms with Gasteiger partial charge in [-0.15, -0.1) is 0 Å². The molecule has 4 nitrogen and oxygen atoms in total. The van der Waals surface area contributed by atoms with Crippen LogP contribution in [0.3, 0.4) is 0 Å². The molecule has 0 atom stereocenters. The molecule has 0 aliphatic carbocycles. The summed E-state index contributed by atoms with van der Waals surface area (Å²) in [6.07, 6.45) is 0. The Bertz CT molecular complexity index is 454. The van der Waals surface area contributed by atoms with E-state index in [4.69, 9.17) is 9.84 Å². The lowest BCUT2D eigenvalue weighted by atomic mass is 10.0. The Balaban J connectivity index is 2.40. The van der Waals surface area contributed by atoms with E-state index in [1.54, 1.807) is 0 Å². The Morgan fingerprint density at radius 2 is 2.24 bits per heavy atom. The van der Waals surface area contributed by atoms with Gasteiger partial charge in [0.25, 0.3) is 0 Å². The first kappa shape index (κ1) is 11.8. The van der Waals surface area contributed by atoms with Gasteiger partial charge in [0, 0.05) is 0 Å². The maximum Gasteiger partial charge on any atom is 0.323 e. The molecule has 0 saturated heterocycles. The van der Waals surface area contributed by atoms with Gasteiger partial charge in [-0.05, 0) is 38.5 Å². The summed E-state index contributed by atoms with van der Waals surface area (Å²) in [4.78, 5) is 12.7. The molecule has 1 aliphatic heterocycles. The Morgan fingerprint density at radius 3 is 2.88 bits per heavy atom. The van der Waals surface area contributed by atoms with Gasteiger partial charge in [0.05, 0.1) is 12.2 Å². The molecule has 0 aromatic heterocycles. The number of anilines is 1. The molecule has 0 spiro atoms. The van der Waals surface area contributed by atoms with Gasteiger partial charge in [0.1, 0.15) is 17.9 Å². The summed E-state index contributed by atoms with van der Waals surface area (Å²) in [5, 5.41) is 8.95. The van der Waals surface area contributed by atoms with Gasteiger partial charge in [-0.1, -0.05) is 6.07 Å². The number of rotatable bonds is 2. The highest BCUT2D eigenvalue weighted by Gasteiger charge is 2.32. The molecule has 0 unspecified atom stereocenters. The summed E-state index contributed by atoms with van der Waals surface area (Å²) in [6, 6.07) is 5.84. The number of aryl methyl sites for hydroxylation is 1. The predicted octanol–water partition coefficient (Wildman–Crippen LogP) is 2.06. The second kappa shape index (κ2) is 3.95. The Kier molecular flexibility index (Phi) is 2.73. The second-order valence-corrected chi connectivity index (χ2v) is 5.08. The molecule has 4 heteroatoms. The van der Waals surface area contributed by atoms with Crippen molar-refractivity contribution in [2.45, 2.75) is 26.4 Å². The highest BCUT2D eigenvalue weighted by Crippen LogP contribution is 2.37. The van der Waals surface area contributed by atoms with Crippen molar-refractivity contribution in [1.82, 2.24) is 0 Å². The molecular weight excluding hydrogens is 218 g/mol. The molecule has 1 N–H and O–H groups in total. The lowest BCUT2D eigenvalue weighted by Crippen LogP contribution is -2.48. The van der Waals surface area contributed by atoms with Gasteiger partial charge < -0.3 is 14.7 Å². The van der Waals surface area contributed by atoms with Gasteiger partial charge in [-0.2, -0.15) is 0 Å². The third-order valence-corrected chi connectivity index (χ3v) is 2.74. The largest absolute Gasteiger partial charge is 0.484 e. The fourth-order valence-electron chi connectivity index (χ4n) is 2.14.